The molecular weight excluding hydrogens is 358 g/mol. The van der Waals surface area contributed by atoms with Crippen molar-refractivity contribution < 1.29 is 27.5 Å². The van der Waals surface area contributed by atoms with Crippen LogP contribution in [0.3, 0.4) is 0 Å². The minimum absolute atomic E-state index is 0.247. The van der Waals surface area contributed by atoms with Crippen molar-refractivity contribution in [3.63, 3.8) is 0 Å². The monoisotopic (exact) mass is 385 g/mol. The fourth-order valence-electron chi connectivity index (χ4n) is 1.92. The summed E-state index contributed by atoms with van der Waals surface area (Å²) in [5.74, 6) is -0.466. The predicted octanol–water partition coefficient (Wildman–Crippen LogP) is 2.71. The highest BCUT2D eigenvalue weighted by Gasteiger charge is 2.26. The van der Waals surface area contributed by atoms with Crippen molar-refractivity contribution in [1.82, 2.24) is 5.32 Å². The zero-order chi connectivity index (χ0) is 20.3. The van der Waals surface area contributed by atoms with Crippen molar-refractivity contribution in [3.05, 3.63) is 35.4 Å². The molecule has 8 heteroatoms. The SMILES string of the molecule is Cc1ccc(C[C@@H](NC(=O)OC(C)(C)C)C(=O)OC(C)C)cc1.O=S=O. The van der Waals surface area contributed by atoms with Crippen LogP contribution in [0.25, 0.3) is 0 Å². The van der Waals surface area contributed by atoms with E-state index >= 15 is 0 Å². The van der Waals surface area contributed by atoms with Crippen LogP contribution in [0.15, 0.2) is 24.3 Å². The number of alkyl carbamates (subject to hydrolysis) is 1. The van der Waals surface area contributed by atoms with E-state index in [0.717, 1.165) is 11.1 Å². The molecule has 0 radical (unpaired) electrons. The molecule has 0 saturated carbocycles. The number of hydrogen-bond donors (Lipinski definition) is 1. The van der Waals surface area contributed by atoms with Crippen LogP contribution >= 0.6 is 0 Å². The first-order valence-corrected chi connectivity index (χ1v) is 8.82. The van der Waals surface area contributed by atoms with Gasteiger partial charge in [-0.3, -0.25) is 0 Å². The number of carbonyl (C=O) groups is 2. The van der Waals surface area contributed by atoms with Crippen molar-refractivity contribution in [2.45, 2.75) is 65.7 Å². The van der Waals surface area contributed by atoms with E-state index in [9.17, 15) is 9.59 Å². The summed E-state index contributed by atoms with van der Waals surface area (Å²) >= 11 is -0.750. The van der Waals surface area contributed by atoms with Crippen LogP contribution in [0, 0.1) is 6.92 Å². The zero-order valence-corrected chi connectivity index (χ0v) is 16.8. The average molecular weight is 385 g/mol. The minimum Gasteiger partial charge on any atom is -0.461 e. The molecule has 146 valence electrons. The average Bonchev–Trinajstić information content (AvgIpc) is 2.47. The van der Waals surface area contributed by atoms with E-state index in [-0.39, 0.29) is 6.10 Å². The Bertz CT molecular complexity index is 616. The Kier molecular flexibility index (Phi) is 10.4. The number of nitrogens with one attached hydrogen (secondary N) is 1. The van der Waals surface area contributed by atoms with E-state index in [1.165, 1.54) is 0 Å². The number of benzene rings is 1. The standard InChI is InChI=1S/C18H27NO4.O2S/c1-12(2)22-16(20)15(19-17(21)23-18(4,5)6)11-14-9-7-13(3)8-10-14;1-3-2/h7-10,12,15H,11H2,1-6H3,(H,19,21);/t15-;/m1./s1. The topological polar surface area (TPSA) is 98.8 Å². The zero-order valence-electron chi connectivity index (χ0n) is 16.0. The number of carbonyl (C=O) groups excluding carboxylic acids is 2. The van der Waals surface area contributed by atoms with E-state index in [2.05, 4.69) is 5.32 Å². The van der Waals surface area contributed by atoms with Gasteiger partial charge in [0.1, 0.15) is 11.6 Å². The normalized spacial score (nSPS) is 11.7. The summed E-state index contributed by atoms with van der Waals surface area (Å²) in [5.41, 5.74) is 1.45. The molecule has 0 heterocycles. The maximum Gasteiger partial charge on any atom is 0.408 e. The Balaban J connectivity index is 0.00000194. The van der Waals surface area contributed by atoms with E-state index in [0.29, 0.717) is 6.42 Å². The maximum atomic E-state index is 12.2. The molecule has 1 atom stereocenters. The minimum atomic E-state index is -0.782. The molecule has 1 rings (SSSR count). The molecule has 0 unspecified atom stereocenters. The summed E-state index contributed by atoms with van der Waals surface area (Å²) in [6, 6.07) is 7.01. The van der Waals surface area contributed by atoms with Gasteiger partial charge < -0.3 is 14.8 Å². The van der Waals surface area contributed by atoms with Gasteiger partial charge in [-0.15, -0.1) is 0 Å². The fraction of sp³-hybridized carbons (Fsp3) is 0.556. The Morgan fingerprint density at radius 3 is 2.04 bits per heavy atom. The van der Waals surface area contributed by atoms with Gasteiger partial charge in [-0.05, 0) is 47.1 Å². The van der Waals surface area contributed by atoms with Gasteiger partial charge in [-0.2, -0.15) is 8.42 Å². The predicted molar refractivity (Wildman–Crippen MR) is 98.2 cm³/mol. The molecule has 1 N–H and O–H groups in total. The lowest BCUT2D eigenvalue weighted by atomic mass is 10.0. The second kappa shape index (κ2) is 11.4. The molecule has 0 saturated heterocycles. The lowest BCUT2D eigenvalue weighted by Crippen LogP contribution is -2.46. The number of ether oxygens (including phenoxy) is 2. The van der Waals surface area contributed by atoms with Crippen LogP contribution in [-0.2, 0) is 32.3 Å². The molecule has 26 heavy (non-hydrogen) atoms. The van der Waals surface area contributed by atoms with Gasteiger partial charge in [0.15, 0.2) is 0 Å². The maximum absolute atomic E-state index is 12.2. The van der Waals surface area contributed by atoms with E-state index in [1.807, 2.05) is 31.2 Å². The number of amides is 1. The number of aryl methyl sites for hydroxylation is 1. The van der Waals surface area contributed by atoms with Crippen LogP contribution in [0.1, 0.15) is 45.7 Å². The molecule has 0 aliphatic carbocycles. The van der Waals surface area contributed by atoms with Gasteiger partial charge >= 0.3 is 23.6 Å². The smallest absolute Gasteiger partial charge is 0.408 e. The first-order chi connectivity index (χ1) is 12.0. The van der Waals surface area contributed by atoms with Crippen molar-refractivity contribution in [1.29, 1.82) is 0 Å². The molecular formula is C18H27NO6S. The van der Waals surface area contributed by atoms with Gasteiger partial charge in [-0.25, -0.2) is 9.59 Å². The molecule has 0 bridgehead atoms. The highest BCUT2D eigenvalue weighted by atomic mass is 32.1. The van der Waals surface area contributed by atoms with Crippen molar-refractivity contribution in [3.8, 4) is 0 Å². The number of esters is 1. The summed E-state index contributed by atoms with van der Waals surface area (Å²) in [5, 5.41) is 2.61. The summed E-state index contributed by atoms with van der Waals surface area (Å²) < 4.78 is 27.0. The number of rotatable bonds is 5. The first kappa shape index (κ1) is 23.8. The van der Waals surface area contributed by atoms with Crippen LogP contribution in [0.4, 0.5) is 4.79 Å². The number of hydrogen-bond acceptors (Lipinski definition) is 6. The summed E-state index contributed by atoms with van der Waals surface area (Å²) in [4.78, 5) is 24.2. The molecule has 0 aromatic heterocycles. The molecule has 0 fully saturated rings. The lowest BCUT2D eigenvalue weighted by Gasteiger charge is -2.23. The van der Waals surface area contributed by atoms with Gasteiger partial charge in [-0.1, -0.05) is 29.8 Å². The molecule has 0 aliphatic heterocycles. The van der Waals surface area contributed by atoms with E-state index < -0.39 is 35.3 Å². The van der Waals surface area contributed by atoms with Crippen molar-refractivity contribution in [2.24, 2.45) is 0 Å². The summed E-state index contributed by atoms with van der Waals surface area (Å²) in [7, 11) is 0. The molecule has 1 aromatic rings. The molecule has 0 spiro atoms. The van der Waals surface area contributed by atoms with Gasteiger partial charge in [0, 0.05) is 6.42 Å². The molecule has 1 aromatic carbocycles. The Hall–Kier alpha value is -2.22. The third kappa shape index (κ3) is 11.4. The van der Waals surface area contributed by atoms with Crippen LogP contribution in [0.5, 0.6) is 0 Å². The fourth-order valence-corrected chi connectivity index (χ4v) is 1.92. The Morgan fingerprint density at radius 2 is 1.62 bits per heavy atom. The molecule has 1 amide bonds. The van der Waals surface area contributed by atoms with E-state index in [1.54, 1.807) is 34.6 Å². The first-order valence-electron chi connectivity index (χ1n) is 8.15. The third-order valence-corrected chi connectivity index (χ3v) is 2.89. The lowest BCUT2D eigenvalue weighted by molar-refractivity contribution is -0.149. The van der Waals surface area contributed by atoms with E-state index in [4.69, 9.17) is 17.9 Å². The largest absolute Gasteiger partial charge is 0.461 e. The third-order valence-electron chi connectivity index (χ3n) is 2.89. The van der Waals surface area contributed by atoms with Gasteiger partial charge in [0.25, 0.3) is 0 Å². The molecule has 7 nitrogen and oxygen atoms in total. The van der Waals surface area contributed by atoms with Gasteiger partial charge in [0.2, 0.25) is 0 Å². The highest BCUT2D eigenvalue weighted by Crippen LogP contribution is 2.11. The second-order valence-corrected chi connectivity index (χ2v) is 7.08. The second-order valence-electron chi connectivity index (χ2n) is 6.94. The van der Waals surface area contributed by atoms with Gasteiger partial charge in [0.05, 0.1) is 6.10 Å². The molecule has 0 aliphatic rings. The summed E-state index contributed by atoms with van der Waals surface area (Å²) in [6.45, 7) is 10.9. The van der Waals surface area contributed by atoms with Crippen LogP contribution in [0.2, 0.25) is 0 Å². The quantitative estimate of drug-likeness (QED) is 0.783. The Morgan fingerprint density at radius 1 is 1.12 bits per heavy atom. The van der Waals surface area contributed by atoms with Crippen molar-refractivity contribution in [2.75, 3.05) is 0 Å². The highest BCUT2D eigenvalue weighted by molar-refractivity contribution is 7.51. The van der Waals surface area contributed by atoms with Crippen LogP contribution in [-0.4, -0.2) is 38.2 Å². The Labute approximate surface area is 158 Å². The summed E-state index contributed by atoms with van der Waals surface area (Å²) in [6.07, 6.45) is -0.524. The van der Waals surface area contributed by atoms with Crippen LogP contribution < -0.4 is 5.32 Å². The van der Waals surface area contributed by atoms with Crippen molar-refractivity contribution >= 4 is 23.6 Å².